The molecule has 1 fully saturated rings. The highest BCUT2D eigenvalue weighted by Gasteiger charge is 2.19. The Hall–Kier alpha value is -2.60. The highest BCUT2D eigenvalue weighted by Crippen LogP contribution is 2.31. The van der Waals surface area contributed by atoms with Crippen LogP contribution in [0.25, 0.3) is 22.2 Å². The number of hydrogen-bond donors (Lipinski definition) is 2. The van der Waals surface area contributed by atoms with Gasteiger partial charge in [-0.1, -0.05) is 24.3 Å². The van der Waals surface area contributed by atoms with Crippen molar-refractivity contribution in [2.45, 2.75) is 12.5 Å². The van der Waals surface area contributed by atoms with Crippen molar-refractivity contribution in [3.63, 3.8) is 0 Å². The van der Waals surface area contributed by atoms with Crippen LogP contribution in [0.5, 0.6) is 0 Å². The third-order valence-electron chi connectivity index (χ3n) is 4.20. The maximum atomic E-state index is 14.3. The largest absolute Gasteiger partial charge is 0.350 e. The number of fused-ring (bicyclic) bond motifs is 1. The second-order valence-electron chi connectivity index (χ2n) is 5.84. The van der Waals surface area contributed by atoms with Crippen LogP contribution in [-0.4, -0.2) is 29.1 Å². The first-order valence-electron chi connectivity index (χ1n) is 7.91. The van der Waals surface area contributed by atoms with Gasteiger partial charge in [0, 0.05) is 18.0 Å². The van der Waals surface area contributed by atoms with E-state index in [1.54, 1.807) is 6.07 Å². The van der Waals surface area contributed by atoms with E-state index in [0.717, 1.165) is 19.5 Å². The molecule has 0 radical (unpaired) electrons. The maximum Gasteiger partial charge on any atom is 0.224 e. The molecule has 1 aliphatic heterocycles. The van der Waals surface area contributed by atoms with E-state index < -0.39 is 11.6 Å². The molecular weight excluding hydrogens is 310 g/mol. The quantitative estimate of drug-likeness (QED) is 0.775. The molecule has 1 atom stereocenters. The highest BCUT2D eigenvalue weighted by atomic mass is 19.1. The van der Waals surface area contributed by atoms with Crippen LogP contribution < -0.4 is 10.6 Å². The zero-order valence-electron chi connectivity index (χ0n) is 12.9. The van der Waals surface area contributed by atoms with Gasteiger partial charge < -0.3 is 10.6 Å². The molecule has 1 saturated heterocycles. The normalized spacial score (nSPS) is 17.3. The van der Waals surface area contributed by atoms with Gasteiger partial charge in [0.05, 0.1) is 16.8 Å². The fraction of sp³-hybridized carbons (Fsp3) is 0.222. The van der Waals surface area contributed by atoms with Crippen molar-refractivity contribution in [2.24, 2.45) is 0 Å². The summed E-state index contributed by atoms with van der Waals surface area (Å²) >= 11 is 0. The Labute approximate surface area is 137 Å². The molecule has 2 N–H and O–H groups in total. The number of para-hydroxylation sites is 1. The number of benzene rings is 2. The monoisotopic (exact) mass is 326 g/mol. The lowest BCUT2D eigenvalue weighted by molar-refractivity contribution is 0.589. The van der Waals surface area contributed by atoms with E-state index in [2.05, 4.69) is 20.6 Å². The smallest absolute Gasteiger partial charge is 0.224 e. The Morgan fingerprint density at radius 1 is 1.00 bits per heavy atom. The van der Waals surface area contributed by atoms with Crippen LogP contribution >= 0.6 is 0 Å². The predicted octanol–water partition coefficient (Wildman–Crippen LogP) is 3.35. The molecule has 6 heteroatoms. The Kier molecular flexibility index (Phi) is 3.82. The first-order chi connectivity index (χ1) is 11.7. The average molecular weight is 326 g/mol. The number of anilines is 1. The van der Waals surface area contributed by atoms with Crippen molar-refractivity contribution in [1.82, 2.24) is 15.3 Å². The van der Waals surface area contributed by atoms with E-state index in [9.17, 15) is 8.78 Å². The Balaban J connectivity index is 1.89. The summed E-state index contributed by atoms with van der Waals surface area (Å²) in [5.41, 5.74) is 0.798. The molecule has 0 saturated carbocycles. The van der Waals surface area contributed by atoms with E-state index in [0.29, 0.717) is 16.9 Å². The zero-order chi connectivity index (χ0) is 16.5. The Morgan fingerprint density at radius 3 is 2.54 bits per heavy atom. The van der Waals surface area contributed by atoms with Gasteiger partial charge in [0.2, 0.25) is 5.95 Å². The fourth-order valence-electron chi connectivity index (χ4n) is 3.02. The van der Waals surface area contributed by atoms with Crippen LogP contribution in [0, 0.1) is 11.6 Å². The van der Waals surface area contributed by atoms with Gasteiger partial charge in [0.15, 0.2) is 0 Å². The molecule has 122 valence electrons. The average Bonchev–Trinajstić information content (AvgIpc) is 3.07. The molecule has 0 bridgehead atoms. The summed E-state index contributed by atoms with van der Waals surface area (Å²) in [6, 6.07) is 11.3. The van der Waals surface area contributed by atoms with Crippen LogP contribution in [0.1, 0.15) is 6.42 Å². The summed E-state index contributed by atoms with van der Waals surface area (Å²) in [7, 11) is 0. The molecule has 1 aliphatic rings. The summed E-state index contributed by atoms with van der Waals surface area (Å²) in [4.78, 5) is 8.92. The van der Waals surface area contributed by atoms with E-state index in [-0.39, 0.29) is 17.3 Å². The van der Waals surface area contributed by atoms with E-state index >= 15 is 0 Å². The summed E-state index contributed by atoms with van der Waals surface area (Å²) < 4.78 is 28.5. The lowest BCUT2D eigenvalue weighted by atomic mass is 10.1. The summed E-state index contributed by atoms with van der Waals surface area (Å²) in [6.45, 7) is 1.75. The molecule has 2 aromatic carbocycles. The summed E-state index contributed by atoms with van der Waals surface area (Å²) in [6.07, 6.45) is 0.958. The van der Waals surface area contributed by atoms with Gasteiger partial charge in [0.25, 0.3) is 0 Å². The molecular formula is C18H16F2N4. The fourth-order valence-corrected chi connectivity index (χ4v) is 3.02. The van der Waals surface area contributed by atoms with Gasteiger partial charge in [-0.2, -0.15) is 0 Å². The molecule has 24 heavy (non-hydrogen) atoms. The van der Waals surface area contributed by atoms with Crippen molar-refractivity contribution in [3.05, 3.63) is 54.1 Å². The van der Waals surface area contributed by atoms with Gasteiger partial charge in [-0.25, -0.2) is 18.7 Å². The third kappa shape index (κ3) is 2.69. The highest BCUT2D eigenvalue weighted by molar-refractivity contribution is 5.93. The molecule has 3 aromatic rings. The third-order valence-corrected chi connectivity index (χ3v) is 4.20. The minimum atomic E-state index is -0.632. The van der Waals surface area contributed by atoms with Crippen molar-refractivity contribution in [3.8, 4) is 11.3 Å². The van der Waals surface area contributed by atoms with E-state index in [1.807, 2.05) is 18.2 Å². The van der Waals surface area contributed by atoms with Crippen LogP contribution in [0.3, 0.4) is 0 Å². The van der Waals surface area contributed by atoms with Crippen LogP contribution in [0.4, 0.5) is 14.7 Å². The number of hydrogen-bond acceptors (Lipinski definition) is 4. The molecule has 4 nitrogen and oxygen atoms in total. The predicted molar refractivity (Wildman–Crippen MR) is 89.8 cm³/mol. The maximum absolute atomic E-state index is 14.3. The topological polar surface area (TPSA) is 49.8 Å². The van der Waals surface area contributed by atoms with Crippen LogP contribution in [-0.2, 0) is 0 Å². The second-order valence-corrected chi connectivity index (χ2v) is 5.84. The lowest BCUT2D eigenvalue weighted by Crippen LogP contribution is -2.23. The number of rotatable bonds is 3. The SMILES string of the molecule is Fc1cccc(F)c1-c1nc(N[C@H]2CCNC2)nc2ccccc12. The van der Waals surface area contributed by atoms with Gasteiger partial charge in [-0.05, 0) is 31.2 Å². The van der Waals surface area contributed by atoms with Crippen molar-refractivity contribution in [1.29, 1.82) is 0 Å². The molecule has 0 amide bonds. The summed E-state index contributed by atoms with van der Waals surface area (Å²) in [5.74, 6) is -0.875. The van der Waals surface area contributed by atoms with Gasteiger partial charge >= 0.3 is 0 Å². The minimum absolute atomic E-state index is 0.122. The van der Waals surface area contributed by atoms with E-state index in [4.69, 9.17) is 0 Å². The Bertz CT molecular complexity index is 871. The minimum Gasteiger partial charge on any atom is -0.350 e. The van der Waals surface area contributed by atoms with Gasteiger partial charge in [0.1, 0.15) is 11.6 Å². The van der Waals surface area contributed by atoms with Crippen molar-refractivity contribution >= 4 is 16.9 Å². The second kappa shape index (κ2) is 6.13. The van der Waals surface area contributed by atoms with Crippen LogP contribution in [0.2, 0.25) is 0 Å². The van der Waals surface area contributed by atoms with Crippen molar-refractivity contribution in [2.75, 3.05) is 18.4 Å². The number of aromatic nitrogens is 2. The first kappa shape index (κ1) is 15.0. The van der Waals surface area contributed by atoms with Crippen LogP contribution in [0.15, 0.2) is 42.5 Å². The summed E-state index contributed by atoms with van der Waals surface area (Å²) in [5, 5.41) is 7.13. The Morgan fingerprint density at radius 2 is 1.79 bits per heavy atom. The number of nitrogens with zero attached hydrogens (tertiary/aromatic N) is 2. The lowest BCUT2D eigenvalue weighted by Gasteiger charge is -2.14. The van der Waals surface area contributed by atoms with Gasteiger partial charge in [-0.3, -0.25) is 0 Å². The molecule has 4 rings (SSSR count). The van der Waals surface area contributed by atoms with E-state index in [1.165, 1.54) is 18.2 Å². The molecule has 1 aromatic heterocycles. The molecule has 0 spiro atoms. The molecule has 2 heterocycles. The van der Waals surface area contributed by atoms with Crippen molar-refractivity contribution < 1.29 is 8.78 Å². The molecule has 0 aliphatic carbocycles. The standard InChI is InChI=1S/C18H16F2N4/c19-13-5-3-6-14(20)16(13)17-12-4-1-2-7-15(12)23-18(24-17)22-11-8-9-21-10-11/h1-7,11,21H,8-10H2,(H,22,23,24)/t11-/m0/s1. The zero-order valence-corrected chi connectivity index (χ0v) is 12.9. The molecule has 0 unspecified atom stereocenters. The number of nitrogens with one attached hydrogen (secondary N) is 2. The first-order valence-corrected chi connectivity index (χ1v) is 7.91. The van der Waals surface area contributed by atoms with Gasteiger partial charge in [-0.15, -0.1) is 0 Å². The number of halogens is 2.